The monoisotopic (exact) mass is 250 g/mol. The van der Waals surface area contributed by atoms with Gasteiger partial charge in [0.1, 0.15) is 11.5 Å². The molecule has 1 fully saturated rings. The standard InChI is InChI=1S/C13H18N2O3/c1-13(2)6-11(16)15(12(13)17)8-10-5-4-9(18-10)7-14-3/h4-5,14H,6-8H2,1-3H3. The summed E-state index contributed by atoms with van der Waals surface area (Å²) < 4.78 is 5.54. The molecular formula is C13H18N2O3. The first-order valence-electron chi connectivity index (χ1n) is 6.01. The molecule has 5 heteroatoms. The Balaban J connectivity index is 2.09. The first-order chi connectivity index (χ1) is 8.44. The van der Waals surface area contributed by atoms with E-state index in [1.54, 1.807) is 19.9 Å². The van der Waals surface area contributed by atoms with E-state index in [9.17, 15) is 9.59 Å². The van der Waals surface area contributed by atoms with Crippen molar-refractivity contribution >= 4 is 11.8 Å². The maximum atomic E-state index is 12.0. The van der Waals surface area contributed by atoms with Gasteiger partial charge in [-0.3, -0.25) is 14.5 Å². The normalized spacial score (nSPS) is 18.7. The van der Waals surface area contributed by atoms with Gasteiger partial charge in [0.2, 0.25) is 11.8 Å². The summed E-state index contributed by atoms with van der Waals surface area (Å²) in [7, 11) is 1.83. The molecule has 98 valence electrons. The molecule has 2 heterocycles. The molecule has 1 saturated heterocycles. The third kappa shape index (κ3) is 2.31. The van der Waals surface area contributed by atoms with E-state index in [0.717, 1.165) is 5.76 Å². The van der Waals surface area contributed by atoms with Gasteiger partial charge >= 0.3 is 0 Å². The fraction of sp³-hybridized carbons (Fsp3) is 0.538. The summed E-state index contributed by atoms with van der Waals surface area (Å²) in [5, 5.41) is 2.98. The average Bonchev–Trinajstić information content (AvgIpc) is 2.78. The van der Waals surface area contributed by atoms with E-state index in [2.05, 4.69) is 5.32 Å². The Morgan fingerprint density at radius 1 is 1.33 bits per heavy atom. The summed E-state index contributed by atoms with van der Waals surface area (Å²) in [5.74, 6) is 1.18. The number of rotatable bonds is 4. The lowest BCUT2D eigenvalue weighted by atomic mass is 9.92. The minimum atomic E-state index is -0.586. The predicted molar refractivity (Wildman–Crippen MR) is 65.4 cm³/mol. The molecule has 1 aromatic rings. The Kier molecular flexibility index (Phi) is 3.26. The van der Waals surface area contributed by atoms with Crippen LogP contribution in [0.25, 0.3) is 0 Å². The fourth-order valence-electron chi connectivity index (χ4n) is 2.12. The molecule has 0 bridgehead atoms. The molecule has 0 unspecified atom stereocenters. The van der Waals surface area contributed by atoms with Crippen LogP contribution in [-0.4, -0.2) is 23.8 Å². The molecule has 0 radical (unpaired) electrons. The number of imide groups is 1. The lowest BCUT2D eigenvalue weighted by Gasteiger charge is -2.16. The number of likely N-dealkylation sites (tertiary alicyclic amines) is 1. The van der Waals surface area contributed by atoms with Gasteiger partial charge in [-0.1, -0.05) is 13.8 Å². The summed E-state index contributed by atoms with van der Waals surface area (Å²) in [6.07, 6.45) is 0.274. The Morgan fingerprint density at radius 3 is 2.56 bits per heavy atom. The topological polar surface area (TPSA) is 62.6 Å². The highest BCUT2D eigenvalue weighted by Gasteiger charge is 2.44. The lowest BCUT2D eigenvalue weighted by molar-refractivity contribution is -0.141. The van der Waals surface area contributed by atoms with E-state index in [0.29, 0.717) is 12.3 Å². The molecule has 2 amide bonds. The minimum Gasteiger partial charge on any atom is -0.463 e. The van der Waals surface area contributed by atoms with E-state index < -0.39 is 5.41 Å². The molecule has 1 N–H and O–H groups in total. The fourth-order valence-corrected chi connectivity index (χ4v) is 2.12. The number of hydrogen-bond donors (Lipinski definition) is 1. The minimum absolute atomic E-state index is 0.126. The van der Waals surface area contributed by atoms with Crippen molar-refractivity contribution in [3.05, 3.63) is 23.7 Å². The number of nitrogens with zero attached hydrogens (tertiary/aromatic N) is 1. The second-order valence-corrected chi connectivity index (χ2v) is 5.24. The van der Waals surface area contributed by atoms with Crippen LogP contribution in [0.4, 0.5) is 0 Å². The van der Waals surface area contributed by atoms with Crippen LogP contribution in [0.3, 0.4) is 0 Å². The zero-order valence-corrected chi connectivity index (χ0v) is 10.9. The zero-order chi connectivity index (χ0) is 13.3. The van der Waals surface area contributed by atoms with Crippen LogP contribution in [0.1, 0.15) is 31.8 Å². The molecule has 0 aliphatic carbocycles. The van der Waals surface area contributed by atoms with Crippen LogP contribution in [0.5, 0.6) is 0 Å². The highest BCUT2D eigenvalue weighted by atomic mass is 16.3. The van der Waals surface area contributed by atoms with Gasteiger partial charge in [-0.05, 0) is 19.2 Å². The third-order valence-electron chi connectivity index (χ3n) is 3.10. The van der Waals surface area contributed by atoms with Crippen molar-refractivity contribution in [2.24, 2.45) is 5.41 Å². The van der Waals surface area contributed by atoms with Gasteiger partial charge in [-0.2, -0.15) is 0 Å². The van der Waals surface area contributed by atoms with Crippen LogP contribution < -0.4 is 5.32 Å². The molecule has 5 nitrogen and oxygen atoms in total. The quantitative estimate of drug-likeness (QED) is 0.818. The highest BCUT2D eigenvalue weighted by Crippen LogP contribution is 2.32. The number of amides is 2. The van der Waals surface area contributed by atoms with Crippen LogP contribution >= 0.6 is 0 Å². The number of nitrogens with one attached hydrogen (secondary N) is 1. The molecule has 1 aromatic heterocycles. The average molecular weight is 250 g/mol. The summed E-state index contributed by atoms with van der Waals surface area (Å²) in [4.78, 5) is 25.1. The third-order valence-corrected chi connectivity index (χ3v) is 3.10. The van der Waals surface area contributed by atoms with Crippen molar-refractivity contribution in [3.8, 4) is 0 Å². The number of furan rings is 1. The predicted octanol–water partition coefficient (Wildman–Crippen LogP) is 1.28. The Morgan fingerprint density at radius 2 is 2.00 bits per heavy atom. The smallest absolute Gasteiger partial charge is 0.235 e. The molecule has 2 rings (SSSR count). The Labute approximate surface area is 106 Å². The largest absolute Gasteiger partial charge is 0.463 e. The second kappa shape index (κ2) is 4.57. The number of carbonyl (C=O) groups is 2. The number of carbonyl (C=O) groups excluding carboxylic acids is 2. The van der Waals surface area contributed by atoms with Gasteiger partial charge in [0, 0.05) is 6.42 Å². The van der Waals surface area contributed by atoms with Gasteiger partial charge < -0.3 is 9.73 Å². The first kappa shape index (κ1) is 12.8. The van der Waals surface area contributed by atoms with Crippen LogP contribution in [0.15, 0.2) is 16.5 Å². The Bertz CT molecular complexity index is 476. The van der Waals surface area contributed by atoms with Crippen molar-refractivity contribution in [1.82, 2.24) is 10.2 Å². The van der Waals surface area contributed by atoms with Gasteiger partial charge in [0.15, 0.2) is 0 Å². The van der Waals surface area contributed by atoms with Gasteiger partial charge in [0.05, 0.1) is 18.5 Å². The van der Waals surface area contributed by atoms with Crippen LogP contribution in [-0.2, 0) is 22.7 Å². The van der Waals surface area contributed by atoms with E-state index >= 15 is 0 Å². The molecule has 0 aromatic carbocycles. The lowest BCUT2D eigenvalue weighted by Crippen LogP contribution is -2.32. The Hall–Kier alpha value is -1.62. The molecule has 18 heavy (non-hydrogen) atoms. The van der Waals surface area contributed by atoms with E-state index in [4.69, 9.17) is 4.42 Å². The van der Waals surface area contributed by atoms with Crippen LogP contribution in [0, 0.1) is 5.41 Å². The molecule has 0 saturated carbocycles. The van der Waals surface area contributed by atoms with Gasteiger partial charge in [-0.15, -0.1) is 0 Å². The summed E-state index contributed by atoms with van der Waals surface area (Å²) in [5.41, 5.74) is -0.586. The molecule has 1 aliphatic rings. The van der Waals surface area contributed by atoms with Crippen molar-refractivity contribution in [2.75, 3.05) is 7.05 Å². The first-order valence-corrected chi connectivity index (χ1v) is 6.01. The van der Waals surface area contributed by atoms with Crippen molar-refractivity contribution < 1.29 is 14.0 Å². The summed E-state index contributed by atoms with van der Waals surface area (Å²) in [6.45, 7) is 4.45. The van der Waals surface area contributed by atoms with Crippen molar-refractivity contribution in [1.29, 1.82) is 0 Å². The SMILES string of the molecule is CNCc1ccc(CN2C(=O)CC(C)(C)C2=O)o1. The maximum absolute atomic E-state index is 12.0. The summed E-state index contributed by atoms with van der Waals surface area (Å²) in [6, 6.07) is 3.65. The second-order valence-electron chi connectivity index (χ2n) is 5.24. The van der Waals surface area contributed by atoms with E-state index in [-0.39, 0.29) is 24.8 Å². The van der Waals surface area contributed by atoms with Gasteiger partial charge in [0.25, 0.3) is 0 Å². The molecule has 0 atom stereocenters. The van der Waals surface area contributed by atoms with Crippen molar-refractivity contribution in [3.63, 3.8) is 0 Å². The maximum Gasteiger partial charge on any atom is 0.235 e. The highest BCUT2D eigenvalue weighted by molar-refractivity contribution is 6.05. The number of hydrogen-bond acceptors (Lipinski definition) is 4. The zero-order valence-electron chi connectivity index (χ0n) is 10.9. The van der Waals surface area contributed by atoms with Gasteiger partial charge in [-0.25, -0.2) is 0 Å². The van der Waals surface area contributed by atoms with Crippen LogP contribution in [0.2, 0.25) is 0 Å². The molecular weight excluding hydrogens is 232 g/mol. The van der Waals surface area contributed by atoms with E-state index in [1.807, 2.05) is 13.1 Å². The van der Waals surface area contributed by atoms with E-state index in [1.165, 1.54) is 4.90 Å². The molecule has 1 aliphatic heterocycles. The molecule has 0 spiro atoms. The van der Waals surface area contributed by atoms with Crippen molar-refractivity contribution in [2.45, 2.75) is 33.4 Å². The summed E-state index contributed by atoms with van der Waals surface area (Å²) >= 11 is 0.